The van der Waals surface area contributed by atoms with Crippen LogP contribution in [0.3, 0.4) is 0 Å². The van der Waals surface area contributed by atoms with Crippen molar-refractivity contribution in [3.8, 4) is 0 Å². The maximum atomic E-state index is 11.6. The van der Waals surface area contributed by atoms with Gasteiger partial charge in [0.15, 0.2) is 0 Å². The Bertz CT molecular complexity index is 363. The van der Waals surface area contributed by atoms with Crippen molar-refractivity contribution in [3.63, 3.8) is 0 Å². The third kappa shape index (κ3) is 5.16. The number of rotatable bonds is 6. The number of anilines is 1. The lowest BCUT2D eigenvalue weighted by atomic mass is 10.2. The van der Waals surface area contributed by atoms with Crippen molar-refractivity contribution in [1.29, 1.82) is 0 Å². The lowest BCUT2D eigenvalue weighted by Crippen LogP contribution is -2.12. The van der Waals surface area contributed by atoms with Gasteiger partial charge in [-0.05, 0) is 18.2 Å². The maximum absolute atomic E-state index is 11.6. The number of benzene rings is 1. The van der Waals surface area contributed by atoms with Crippen LogP contribution in [-0.4, -0.2) is 37.5 Å². The van der Waals surface area contributed by atoms with Crippen LogP contribution < -0.4 is 5.73 Å². The number of nitrogen functional groups attached to an aromatic ring is 1. The molecule has 0 saturated carbocycles. The normalized spacial score (nSPS) is 10.2. The molecule has 6 heteroatoms. The molecular weight excluding hydrogens is 290 g/mol. The van der Waals surface area contributed by atoms with Gasteiger partial charge in [0.2, 0.25) is 0 Å². The van der Waals surface area contributed by atoms with E-state index in [1.807, 2.05) is 0 Å². The van der Waals surface area contributed by atoms with Gasteiger partial charge in [-0.25, -0.2) is 4.79 Å². The molecule has 94 valence electrons. The van der Waals surface area contributed by atoms with Crippen LogP contribution in [-0.2, 0) is 9.47 Å². The van der Waals surface area contributed by atoms with E-state index in [2.05, 4.69) is 15.9 Å². The van der Waals surface area contributed by atoms with E-state index in [0.717, 1.165) is 4.47 Å². The number of hydrogen-bond acceptors (Lipinski definition) is 5. The summed E-state index contributed by atoms with van der Waals surface area (Å²) >= 11 is 3.24. The van der Waals surface area contributed by atoms with Crippen LogP contribution in [0, 0.1) is 0 Å². The molecule has 0 unspecified atom stereocenters. The molecule has 0 amide bonds. The number of halogens is 1. The van der Waals surface area contributed by atoms with Gasteiger partial charge in [-0.15, -0.1) is 0 Å². The zero-order valence-electron chi connectivity index (χ0n) is 9.19. The minimum atomic E-state index is -0.453. The van der Waals surface area contributed by atoms with E-state index in [1.165, 1.54) is 0 Å². The summed E-state index contributed by atoms with van der Waals surface area (Å²) in [6.45, 7) is 0.596. The molecule has 0 aliphatic heterocycles. The lowest BCUT2D eigenvalue weighted by Gasteiger charge is -2.06. The van der Waals surface area contributed by atoms with Gasteiger partial charge in [-0.2, -0.15) is 0 Å². The van der Waals surface area contributed by atoms with Crippen LogP contribution in [0.5, 0.6) is 0 Å². The Balaban J connectivity index is 2.41. The van der Waals surface area contributed by atoms with Gasteiger partial charge in [-0.1, -0.05) is 15.9 Å². The molecule has 0 bridgehead atoms. The summed E-state index contributed by atoms with van der Waals surface area (Å²) in [5.74, 6) is -0.453. The van der Waals surface area contributed by atoms with Crippen molar-refractivity contribution in [2.24, 2.45) is 0 Å². The highest BCUT2D eigenvalue weighted by molar-refractivity contribution is 9.10. The highest BCUT2D eigenvalue weighted by atomic mass is 79.9. The van der Waals surface area contributed by atoms with E-state index in [9.17, 15) is 4.79 Å². The predicted octanol–water partition coefficient (Wildman–Crippen LogP) is 1.20. The topological polar surface area (TPSA) is 81.8 Å². The van der Waals surface area contributed by atoms with Gasteiger partial charge in [-0.3, -0.25) is 0 Å². The van der Waals surface area contributed by atoms with Crippen molar-refractivity contribution in [2.75, 3.05) is 32.2 Å². The summed E-state index contributed by atoms with van der Waals surface area (Å²) in [7, 11) is 0. The van der Waals surface area contributed by atoms with Crippen molar-refractivity contribution in [3.05, 3.63) is 28.2 Å². The fourth-order valence-electron chi connectivity index (χ4n) is 1.17. The number of hydrogen-bond donors (Lipinski definition) is 2. The lowest BCUT2D eigenvalue weighted by molar-refractivity contribution is 0.0258. The average Bonchev–Trinajstić information content (AvgIpc) is 2.27. The SMILES string of the molecule is Nc1cc(Br)cc(C(=O)OCCOCCO)c1. The highest BCUT2D eigenvalue weighted by Gasteiger charge is 2.08. The minimum Gasteiger partial charge on any atom is -0.460 e. The third-order valence-corrected chi connectivity index (χ3v) is 2.31. The molecule has 1 aromatic carbocycles. The first-order valence-corrected chi connectivity index (χ1v) is 5.84. The van der Waals surface area contributed by atoms with Crippen molar-refractivity contribution in [1.82, 2.24) is 0 Å². The monoisotopic (exact) mass is 303 g/mol. The quantitative estimate of drug-likeness (QED) is 0.469. The molecule has 0 saturated heterocycles. The van der Waals surface area contributed by atoms with Gasteiger partial charge in [0.05, 0.1) is 25.4 Å². The number of carbonyl (C=O) groups is 1. The minimum absolute atomic E-state index is 0.0455. The number of aliphatic hydroxyl groups is 1. The molecule has 17 heavy (non-hydrogen) atoms. The highest BCUT2D eigenvalue weighted by Crippen LogP contribution is 2.17. The fraction of sp³-hybridized carbons (Fsp3) is 0.364. The summed E-state index contributed by atoms with van der Waals surface area (Å²) in [6, 6.07) is 4.87. The van der Waals surface area contributed by atoms with Gasteiger partial charge >= 0.3 is 5.97 Å². The first-order valence-electron chi connectivity index (χ1n) is 5.05. The second-order valence-electron chi connectivity index (χ2n) is 3.25. The molecule has 1 aromatic rings. The standard InChI is InChI=1S/C11H14BrNO4/c12-9-5-8(6-10(13)7-9)11(15)17-4-3-16-2-1-14/h5-7,14H,1-4,13H2. The van der Waals surface area contributed by atoms with E-state index in [1.54, 1.807) is 18.2 Å². The molecule has 0 aromatic heterocycles. The predicted molar refractivity (Wildman–Crippen MR) is 66.7 cm³/mol. The van der Waals surface area contributed by atoms with Crippen LogP contribution in [0.25, 0.3) is 0 Å². The van der Waals surface area contributed by atoms with Gasteiger partial charge in [0.1, 0.15) is 6.61 Å². The number of aliphatic hydroxyl groups excluding tert-OH is 1. The van der Waals surface area contributed by atoms with Gasteiger partial charge in [0, 0.05) is 10.2 Å². The van der Waals surface area contributed by atoms with E-state index in [0.29, 0.717) is 11.3 Å². The van der Waals surface area contributed by atoms with Crippen molar-refractivity contribution >= 4 is 27.6 Å². The molecule has 5 nitrogen and oxygen atoms in total. The number of ether oxygens (including phenoxy) is 2. The first kappa shape index (κ1) is 14.0. The smallest absolute Gasteiger partial charge is 0.338 e. The summed E-state index contributed by atoms with van der Waals surface area (Å²) in [6.07, 6.45) is 0. The van der Waals surface area contributed by atoms with Crippen molar-refractivity contribution in [2.45, 2.75) is 0 Å². The molecule has 0 fully saturated rings. The molecule has 0 aliphatic rings. The maximum Gasteiger partial charge on any atom is 0.338 e. The Morgan fingerprint density at radius 2 is 2.06 bits per heavy atom. The second-order valence-corrected chi connectivity index (χ2v) is 4.16. The van der Waals surface area contributed by atoms with Crippen LogP contribution in [0.2, 0.25) is 0 Å². The Morgan fingerprint density at radius 1 is 1.29 bits per heavy atom. The van der Waals surface area contributed by atoms with E-state index < -0.39 is 5.97 Å². The number of esters is 1. The van der Waals surface area contributed by atoms with Crippen LogP contribution in [0.1, 0.15) is 10.4 Å². The molecular formula is C11H14BrNO4. The number of nitrogens with two attached hydrogens (primary N) is 1. The fourth-order valence-corrected chi connectivity index (χ4v) is 1.68. The zero-order valence-corrected chi connectivity index (χ0v) is 10.8. The Kier molecular flexibility index (Phi) is 5.96. The summed E-state index contributed by atoms with van der Waals surface area (Å²) in [4.78, 5) is 11.6. The van der Waals surface area contributed by atoms with E-state index in [-0.39, 0.29) is 26.4 Å². The Morgan fingerprint density at radius 3 is 2.71 bits per heavy atom. The molecule has 0 aliphatic carbocycles. The van der Waals surface area contributed by atoms with Crippen LogP contribution in [0.15, 0.2) is 22.7 Å². The summed E-state index contributed by atoms with van der Waals surface area (Å²) in [5.41, 5.74) is 6.48. The van der Waals surface area contributed by atoms with Crippen LogP contribution >= 0.6 is 15.9 Å². The molecule has 0 radical (unpaired) electrons. The van der Waals surface area contributed by atoms with Gasteiger partial charge in [0.25, 0.3) is 0 Å². The number of carbonyl (C=O) groups excluding carboxylic acids is 1. The van der Waals surface area contributed by atoms with Crippen molar-refractivity contribution < 1.29 is 19.4 Å². The largest absolute Gasteiger partial charge is 0.460 e. The molecule has 0 spiro atoms. The zero-order chi connectivity index (χ0) is 12.7. The summed E-state index contributed by atoms with van der Waals surface area (Å²) < 4.78 is 10.6. The molecule has 3 N–H and O–H groups in total. The molecule has 0 atom stereocenters. The Hall–Kier alpha value is -1.11. The van der Waals surface area contributed by atoms with Crippen LogP contribution in [0.4, 0.5) is 5.69 Å². The average molecular weight is 304 g/mol. The molecule has 0 heterocycles. The van der Waals surface area contributed by atoms with E-state index in [4.69, 9.17) is 20.3 Å². The molecule has 1 rings (SSSR count). The Labute approximate surface area is 108 Å². The third-order valence-electron chi connectivity index (χ3n) is 1.85. The summed E-state index contributed by atoms with van der Waals surface area (Å²) in [5, 5.41) is 8.46. The first-order chi connectivity index (χ1) is 8.13. The van der Waals surface area contributed by atoms with E-state index >= 15 is 0 Å². The second kappa shape index (κ2) is 7.26. The van der Waals surface area contributed by atoms with Gasteiger partial charge < -0.3 is 20.3 Å².